The molecule has 17 nitrogen and oxygen atoms in total. The van der Waals surface area contributed by atoms with E-state index in [9.17, 15) is 43.2 Å². The van der Waals surface area contributed by atoms with E-state index in [0.29, 0.717) is 25.7 Å². The topological polar surface area (TPSA) is 237 Å². The third-order valence-corrected chi connectivity index (χ3v) is 20.2. The number of phosphoric acid groups is 2. The average molecular weight is 1420 g/mol. The molecule has 0 aliphatic carbocycles. The van der Waals surface area contributed by atoms with Crippen molar-refractivity contribution < 1.29 is 80.2 Å². The number of rotatable bonds is 78. The van der Waals surface area contributed by atoms with E-state index in [1.54, 1.807) is 0 Å². The first-order valence-electron chi connectivity index (χ1n) is 40.6. The van der Waals surface area contributed by atoms with Gasteiger partial charge < -0.3 is 33.8 Å². The van der Waals surface area contributed by atoms with E-state index < -0.39 is 97.5 Å². The Morgan fingerprint density at radius 2 is 0.474 bits per heavy atom. The van der Waals surface area contributed by atoms with Crippen LogP contribution in [0.1, 0.15) is 413 Å². The molecule has 0 aromatic carbocycles. The third kappa shape index (κ3) is 72.2. The molecule has 0 bridgehead atoms. The van der Waals surface area contributed by atoms with Gasteiger partial charge in [0.2, 0.25) is 0 Å². The highest BCUT2D eigenvalue weighted by molar-refractivity contribution is 7.47. The van der Waals surface area contributed by atoms with E-state index in [-0.39, 0.29) is 25.7 Å². The minimum absolute atomic E-state index is 0.105. The highest BCUT2D eigenvalue weighted by Gasteiger charge is 2.30. The molecule has 0 aromatic heterocycles. The summed E-state index contributed by atoms with van der Waals surface area (Å²) >= 11 is 0. The number of carbonyl (C=O) groups excluding carboxylic acids is 4. The van der Waals surface area contributed by atoms with Gasteiger partial charge in [0, 0.05) is 25.7 Å². The van der Waals surface area contributed by atoms with Gasteiger partial charge in [0.1, 0.15) is 19.3 Å². The van der Waals surface area contributed by atoms with Crippen molar-refractivity contribution in [2.45, 2.75) is 432 Å². The highest BCUT2D eigenvalue weighted by atomic mass is 31.2. The van der Waals surface area contributed by atoms with Gasteiger partial charge in [-0.1, -0.05) is 362 Å². The van der Waals surface area contributed by atoms with Crippen LogP contribution < -0.4 is 0 Å². The van der Waals surface area contributed by atoms with Crippen LogP contribution in [0.15, 0.2) is 0 Å². The van der Waals surface area contributed by atoms with Gasteiger partial charge in [0.25, 0.3) is 0 Å². The van der Waals surface area contributed by atoms with E-state index >= 15 is 0 Å². The van der Waals surface area contributed by atoms with Crippen molar-refractivity contribution in [2.75, 3.05) is 39.6 Å². The van der Waals surface area contributed by atoms with Crippen molar-refractivity contribution >= 4 is 39.5 Å². The molecule has 0 aliphatic rings. The summed E-state index contributed by atoms with van der Waals surface area (Å²) in [6.07, 6.45) is 61.2. The van der Waals surface area contributed by atoms with E-state index in [1.165, 1.54) is 238 Å². The van der Waals surface area contributed by atoms with Crippen LogP contribution in [0, 0.1) is 5.92 Å². The van der Waals surface area contributed by atoms with Crippen molar-refractivity contribution in [3.8, 4) is 0 Å². The Labute approximate surface area is 594 Å². The Hall–Kier alpha value is -1.94. The van der Waals surface area contributed by atoms with Gasteiger partial charge >= 0.3 is 39.5 Å². The van der Waals surface area contributed by atoms with Crippen LogP contribution in [0.4, 0.5) is 0 Å². The molecule has 576 valence electrons. The fraction of sp³-hybridized carbons (Fsp3) is 0.949. The lowest BCUT2D eigenvalue weighted by atomic mass is 10.0. The lowest BCUT2D eigenvalue weighted by Crippen LogP contribution is -2.30. The van der Waals surface area contributed by atoms with Gasteiger partial charge in [-0.2, -0.15) is 0 Å². The SMILES string of the molecule is CCCCCCCCCCCCCCCCCCCCCC(=O)O[C@H](COC(=O)CCCCCCCCCCCCCCCCCCCC)COP(=O)(O)OC[C@@H](O)COP(=O)(O)OC[C@@H](COC(=O)CCCCCCCCCCC)OC(=O)CCCCCCCCCCC(C)C. The zero-order valence-corrected chi connectivity index (χ0v) is 65.0. The Bertz CT molecular complexity index is 1860. The second-order valence-corrected chi connectivity index (χ2v) is 31.5. The lowest BCUT2D eigenvalue weighted by Gasteiger charge is -2.21. The Balaban J connectivity index is 5.20. The molecule has 0 rings (SSSR count). The van der Waals surface area contributed by atoms with Crippen LogP contribution >= 0.6 is 15.6 Å². The van der Waals surface area contributed by atoms with E-state index in [4.69, 9.17) is 37.0 Å². The molecule has 0 amide bonds. The van der Waals surface area contributed by atoms with Crippen LogP contribution in [-0.2, 0) is 65.4 Å². The number of phosphoric ester groups is 2. The van der Waals surface area contributed by atoms with Gasteiger partial charge in [0.15, 0.2) is 12.2 Å². The average Bonchev–Trinajstić information content (AvgIpc) is 1.37. The molecular weight excluding hydrogens is 1270 g/mol. The van der Waals surface area contributed by atoms with Crippen molar-refractivity contribution in [1.29, 1.82) is 0 Å². The molecule has 97 heavy (non-hydrogen) atoms. The monoisotopic (exact) mass is 1420 g/mol. The summed E-state index contributed by atoms with van der Waals surface area (Å²) in [5, 5.41) is 10.6. The third-order valence-electron chi connectivity index (χ3n) is 18.3. The standard InChI is InChI=1S/C78H152O17P2/c1-6-9-12-15-18-21-23-25-27-29-31-33-35-37-39-42-48-53-58-63-77(82)94-73(68-89-76(81)62-57-52-47-41-38-36-34-32-30-28-26-24-22-19-16-13-10-7-2)69-92-96(84,85)90-65-72(79)66-91-97(86,87)93-70-74(67-88-75(80)61-56-51-46-40-20-17-14-11-8-3)95-78(83)64-59-54-49-44-43-45-50-55-60-71(4)5/h71-74,79H,6-70H2,1-5H3,(H,84,85)(H,86,87)/t72-,73-,74-/m1/s1. The molecule has 0 heterocycles. The second kappa shape index (κ2) is 71.1. The normalized spacial score (nSPS) is 13.9. The second-order valence-electron chi connectivity index (χ2n) is 28.6. The van der Waals surface area contributed by atoms with Crippen LogP contribution in [0.3, 0.4) is 0 Å². The van der Waals surface area contributed by atoms with Gasteiger partial charge in [-0.15, -0.1) is 0 Å². The van der Waals surface area contributed by atoms with Crippen LogP contribution in [0.5, 0.6) is 0 Å². The number of esters is 4. The summed E-state index contributed by atoms with van der Waals surface area (Å²) in [6, 6.07) is 0. The van der Waals surface area contributed by atoms with Crippen molar-refractivity contribution in [1.82, 2.24) is 0 Å². The van der Waals surface area contributed by atoms with E-state index in [1.807, 2.05) is 0 Å². The molecular formula is C78H152O17P2. The minimum atomic E-state index is -4.96. The van der Waals surface area contributed by atoms with Crippen LogP contribution in [-0.4, -0.2) is 96.7 Å². The molecule has 0 fully saturated rings. The molecule has 0 aromatic rings. The zero-order chi connectivity index (χ0) is 71.2. The van der Waals surface area contributed by atoms with E-state index in [2.05, 4.69) is 34.6 Å². The fourth-order valence-electron chi connectivity index (χ4n) is 12.1. The van der Waals surface area contributed by atoms with Gasteiger partial charge in [-0.25, -0.2) is 9.13 Å². The van der Waals surface area contributed by atoms with Crippen molar-refractivity contribution in [3.05, 3.63) is 0 Å². The van der Waals surface area contributed by atoms with Crippen molar-refractivity contribution in [2.24, 2.45) is 5.92 Å². The number of hydrogen-bond donors (Lipinski definition) is 3. The molecule has 5 atom stereocenters. The number of ether oxygens (including phenoxy) is 4. The number of carbonyl (C=O) groups is 4. The summed E-state index contributed by atoms with van der Waals surface area (Å²) in [4.78, 5) is 72.8. The summed E-state index contributed by atoms with van der Waals surface area (Å²) in [7, 11) is -9.91. The summed E-state index contributed by atoms with van der Waals surface area (Å²) < 4.78 is 68.5. The van der Waals surface area contributed by atoms with Gasteiger partial charge in [-0.3, -0.25) is 37.3 Å². The highest BCUT2D eigenvalue weighted by Crippen LogP contribution is 2.45. The van der Waals surface area contributed by atoms with Gasteiger partial charge in [0.05, 0.1) is 26.4 Å². The first-order valence-corrected chi connectivity index (χ1v) is 43.6. The first-order chi connectivity index (χ1) is 47.0. The van der Waals surface area contributed by atoms with Crippen molar-refractivity contribution in [3.63, 3.8) is 0 Å². The summed E-state index contributed by atoms with van der Waals surface area (Å²) in [6.45, 7) is 7.25. The largest absolute Gasteiger partial charge is 0.472 e. The maximum Gasteiger partial charge on any atom is 0.472 e. The fourth-order valence-corrected chi connectivity index (χ4v) is 13.6. The maximum atomic E-state index is 13.1. The number of aliphatic hydroxyl groups is 1. The predicted molar refractivity (Wildman–Crippen MR) is 395 cm³/mol. The summed E-state index contributed by atoms with van der Waals surface area (Å²) in [5.41, 5.74) is 0. The molecule has 19 heteroatoms. The first kappa shape index (κ1) is 95.1. The number of unbranched alkanes of at least 4 members (excludes halogenated alkanes) is 50. The van der Waals surface area contributed by atoms with Crippen LogP contribution in [0.25, 0.3) is 0 Å². The Morgan fingerprint density at radius 3 is 0.701 bits per heavy atom. The number of hydrogen-bond acceptors (Lipinski definition) is 15. The Morgan fingerprint density at radius 1 is 0.278 bits per heavy atom. The molecule has 3 N–H and O–H groups in total. The maximum absolute atomic E-state index is 13.1. The number of aliphatic hydroxyl groups excluding tert-OH is 1. The minimum Gasteiger partial charge on any atom is -0.462 e. The molecule has 2 unspecified atom stereocenters. The predicted octanol–water partition coefficient (Wildman–Crippen LogP) is 23.3. The zero-order valence-electron chi connectivity index (χ0n) is 63.2. The molecule has 0 spiro atoms. The summed E-state index contributed by atoms with van der Waals surface area (Å²) in [5.74, 6) is -1.40. The van der Waals surface area contributed by atoms with Gasteiger partial charge in [-0.05, 0) is 31.6 Å². The molecule has 0 saturated carbocycles. The molecule has 0 aliphatic heterocycles. The smallest absolute Gasteiger partial charge is 0.462 e. The van der Waals surface area contributed by atoms with E-state index in [0.717, 1.165) is 95.8 Å². The molecule has 0 radical (unpaired) electrons. The Kier molecular flexibility index (Phi) is 69.6. The molecule has 0 saturated heterocycles. The van der Waals surface area contributed by atoms with Crippen LogP contribution in [0.2, 0.25) is 0 Å². The lowest BCUT2D eigenvalue weighted by molar-refractivity contribution is -0.161. The quantitative estimate of drug-likeness (QED) is 0.0222.